The Bertz CT molecular complexity index is 421. The molecular formula is C10H14. The highest BCUT2D eigenvalue weighted by Gasteiger charge is 1.94. The molecule has 0 aliphatic rings. The molecule has 0 spiro atoms. The van der Waals surface area contributed by atoms with E-state index in [0.29, 0.717) is 0 Å². The van der Waals surface area contributed by atoms with Gasteiger partial charge in [0.15, 0.2) is 0 Å². The van der Waals surface area contributed by atoms with E-state index in [1.807, 2.05) is 0 Å². The van der Waals surface area contributed by atoms with Gasteiger partial charge in [0.1, 0.15) is 0 Å². The van der Waals surface area contributed by atoms with E-state index in [1.54, 1.807) is 13.8 Å². The van der Waals surface area contributed by atoms with Gasteiger partial charge in [-0.1, -0.05) is 44.1 Å². The molecule has 0 heterocycles. The Labute approximate surface area is 72.7 Å². The van der Waals surface area contributed by atoms with Gasteiger partial charge in [-0.15, -0.1) is 0 Å². The quantitative estimate of drug-likeness (QED) is 0.594. The Morgan fingerprint density at radius 3 is 2.50 bits per heavy atom. The second kappa shape index (κ2) is 3.40. The third-order valence-electron chi connectivity index (χ3n) is 0.933. The van der Waals surface area contributed by atoms with Crippen LogP contribution in [0.1, 0.15) is 29.0 Å². The first kappa shape index (κ1) is 2.37. The molecule has 0 radical (unpaired) electrons. The monoisotopic (exact) mass is 141 g/mol. The van der Waals surface area contributed by atoms with E-state index in [4.69, 9.17) is 9.60 Å². The van der Waals surface area contributed by atoms with E-state index in [1.165, 1.54) is 0 Å². The Morgan fingerprint density at radius 1 is 1.40 bits per heavy atom. The lowest BCUT2D eigenvalue weighted by Gasteiger charge is -2.02. The lowest BCUT2D eigenvalue weighted by Crippen LogP contribution is -1.92. The van der Waals surface area contributed by atoms with Crippen LogP contribution >= 0.6 is 0 Å². The summed E-state index contributed by atoms with van der Waals surface area (Å²) in [6.07, 6.45) is -1.95. The molecule has 0 atom stereocenters. The fourth-order valence-corrected chi connectivity index (χ4v) is 0.611. The van der Waals surface area contributed by atoms with E-state index >= 15 is 0 Å². The van der Waals surface area contributed by atoms with Gasteiger partial charge in [-0.05, 0) is 17.9 Å². The highest BCUT2D eigenvalue weighted by molar-refractivity contribution is 5.14. The number of hydrogen-bond acceptors (Lipinski definition) is 0. The van der Waals surface area contributed by atoms with Crippen molar-refractivity contribution in [3.05, 3.63) is 35.8 Å². The predicted molar refractivity (Wildman–Crippen MR) is 45.0 cm³/mol. The van der Waals surface area contributed by atoms with Crippen molar-refractivity contribution in [2.24, 2.45) is 5.92 Å². The minimum atomic E-state index is -1.95. The molecule has 1 aromatic carbocycles. The Hall–Kier alpha value is -0.780. The van der Waals surface area contributed by atoms with Crippen molar-refractivity contribution in [2.45, 2.75) is 20.2 Å². The molecule has 0 saturated carbocycles. The minimum Gasteiger partial charge on any atom is -0.0625 e. The van der Waals surface area contributed by atoms with Crippen LogP contribution in [0.3, 0.4) is 0 Å². The zero-order chi connectivity index (χ0) is 13.5. The lowest BCUT2D eigenvalue weighted by atomic mass is 10.0. The van der Waals surface area contributed by atoms with Crippen LogP contribution in [-0.4, -0.2) is 0 Å². The maximum atomic E-state index is 7.87. The molecule has 10 heavy (non-hydrogen) atoms. The summed E-state index contributed by atoms with van der Waals surface area (Å²) >= 11 is 0. The molecule has 0 aromatic heterocycles. The fourth-order valence-electron chi connectivity index (χ4n) is 0.611. The SMILES string of the molecule is [2H]c1c([2H])c([2H])c(C([2H])([2H])C(C)C)c([2H])c1[2H]. The van der Waals surface area contributed by atoms with Gasteiger partial charge in [-0.3, -0.25) is 0 Å². The summed E-state index contributed by atoms with van der Waals surface area (Å²) in [6.45, 7) is 3.22. The average Bonchev–Trinajstić information content (AvgIpc) is 2.23. The molecule has 1 rings (SSSR count). The molecule has 0 N–H and O–H groups in total. The third kappa shape index (κ3) is 2.22. The third-order valence-corrected chi connectivity index (χ3v) is 0.933. The number of rotatable bonds is 2. The summed E-state index contributed by atoms with van der Waals surface area (Å²) in [5.74, 6) is -0.480. The van der Waals surface area contributed by atoms with E-state index in [2.05, 4.69) is 0 Å². The van der Waals surface area contributed by atoms with Gasteiger partial charge < -0.3 is 0 Å². The first-order valence-electron chi connectivity index (χ1n) is 6.69. The standard InChI is InChI=1S/C10H14/c1-9(2)8-10-6-4-3-5-7-10/h3-7,9H,8H2,1-2H3/i3D,4D,5D,6D,7D,8D2. The van der Waals surface area contributed by atoms with Gasteiger partial charge in [0.25, 0.3) is 0 Å². The van der Waals surface area contributed by atoms with E-state index < -0.39 is 42.5 Å². The van der Waals surface area contributed by atoms with Crippen LogP contribution in [0, 0.1) is 5.92 Å². The molecule has 0 unspecified atom stereocenters. The molecule has 0 heteroatoms. The van der Waals surface area contributed by atoms with Crippen LogP contribution in [0.4, 0.5) is 0 Å². The Balaban J connectivity index is 3.66. The zero-order valence-electron chi connectivity index (χ0n) is 13.1. The van der Waals surface area contributed by atoms with Crippen molar-refractivity contribution in [1.29, 1.82) is 0 Å². The topological polar surface area (TPSA) is 0 Å². The smallest absolute Gasteiger partial charge is 0.0625 e. The van der Waals surface area contributed by atoms with Crippen molar-refractivity contribution in [3.8, 4) is 0 Å². The highest BCUT2D eigenvalue weighted by atomic mass is 14.0. The summed E-state index contributed by atoms with van der Waals surface area (Å²) in [6, 6.07) is -2.41. The maximum Gasteiger partial charge on any atom is 0.0626 e. The summed E-state index contributed by atoms with van der Waals surface area (Å²) < 4.78 is 53.5. The number of hydrogen-bond donors (Lipinski definition) is 0. The van der Waals surface area contributed by atoms with Crippen LogP contribution in [0.15, 0.2) is 30.2 Å². The van der Waals surface area contributed by atoms with Crippen molar-refractivity contribution in [3.63, 3.8) is 0 Å². The van der Waals surface area contributed by atoms with Crippen molar-refractivity contribution < 1.29 is 9.60 Å². The molecule has 0 saturated heterocycles. The van der Waals surface area contributed by atoms with Crippen molar-refractivity contribution in [1.82, 2.24) is 0 Å². The molecule has 0 nitrogen and oxygen atoms in total. The molecule has 0 amide bonds. The average molecular weight is 141 g/mol. The first-order valence-corrected chi connectivity index (χ1v) is 3.19. The van der Waals surface area contributed by atoms with Gasteiger partial charge in [0.05, 0.1) is 6.85 Å². The Morgan fingerprint density at radius 2 is 2.00 bits per heavy atom. The Kier molecular flexibility index (Phi) is 0.806. The molecular weight excluding hydrogens is 120 g/mol. The molecule has 0 bridgehead atoms. The van der Waals surface area contributed by atoms with Crippen LogP contribution in [0.25, 0.3) is 0 Å². The van der Waals surface area contributed by atoms with Gasteiger partial charge >= 0.3 is 0 Å². The van der Waals surface area contributed by atoms with Crippen LogP contribution in [0.2, 0.25) is 0 Å². The van der Waals surface area contributed by atoms with Gasteiger partial charge in [0.2, 0.25) is 0 Å². The second-order valence-electron chi connectivity index (χ2n) is 2.30. The molecule has 0 aliphatic carbocycles. The number of benzene rings is 1. The summed E-state index contributed by atoms with van der Waals surface area (Å²) in [5, 5.41) is 0. The molecule has 1 aromatic rings. The normalized spacial score (nSPS) is 21.7. The maximum absolute atomic E-state index is 7.87. The summed E-state index contributed by atoms with van der Waals surface area (Å²) in [5.41, 5.74) is -0.265. The van der Waals surface area contributed by atoms with Crippen molar-refractivity contribution in [2.75, 3.05) is 0 Å². The second-order valence-corrected chi connectivity index (χ2v) is 2.30. The van der Waals surface area contributed by atoms with Gasteiger partial charge in [-0.2, -0.15) is 0 Å². The highest BCUT2D eigenvalue weighted by Crippen LogP contribution is 2.05. The largest absolute Gasteiger partial charge is 0.0626 e. The van der Waals surface area contributed by atoms with Crippen LogP contribution in [-0.2, 0) is 6.37 Å². The van der Waals surface area contributed by atoms with Crippen LogP contribution in [0.5, 0.6) is 0 Å². The lowest BCUT2D eigenvalue weighted by molar-refractivity contribution is 0.647. The molecule has 54 valence electrons. The van der Waals surface area contributed by atoms with E-state index in [0.717, 1.165) is 0 Å². The van der Waals surface area contributed by atoms with Crippen molar-refractivity contribution >= 4 is 0 Å². The first-order chi connectivity index (χ1) is 7.62. The molecule has 0 fully saturated rings. The van der Waals surface area contributed by atoms with Crippen LogP contribution < -0.4 is 0 Å². The van der Waals surface area contributed by atoms with E-state index in [-0.39, 0.29) is 5.56 Å². The van der Waals surface area contributed by atoms with Gasteiger partial charge in [0, 0.05) is 2.74 Å². The zero-order valence-corrected chi connectivity index (χ0v) is 6.08. The van der Waals surface area contributed by atoms with E-state index in [9.17, 15) is 0 Å². The predicted octanol–water partition coefficient (Wildman–Crippen LogP) is 2.89. The summed E-state index contributed by atoms with van der Waals surface area (Å²) in [4.78, 5) is 0. The summed E-state index contributed by atoms with van der Waals surface area (Å²) in [7, 11) is 0. The van der Waals surface area contributed by atoms with Gasteiger partial charge in [-0.25, -0.2) is 0 Å². The fraction of sp³-hybridized carbons (Fsp3) is 0.400. The molecule has 0 aliphatic heterocycles. The minimum absolute atomic E-state index is 0.265.